The molecule has 162 valence electrons. The van der Waals surface area contributed by atoms with Crippen molar-refractivity contribution in [3.8, 4) is 0 Å². The highest BCUT2D eigenvalue weighted by molar-refractivity contribution is 14.0. The maximum absolute atomic E-state index is 5.49. The third-order valence-electron chi connectivity index (χ3n) is 5.52. The molecule has 0 saturated carbocycles. The highest BCUT2D eigenvalue weighted by atomic mass is 127. The molecule has 0 spiro atoms. The van der Waals surface area contributed by atoms with Crippen LogP contribution in [-0.2, 0) is 6.54 Å². The van der Waals surface area contributed by atoms with Crippen molar-refractivity contribution >= 4 is 29.9 Å². The molecule has 2 rings (SSSR count). The van der Waals surface area contributed by atoms with E-state index in [2.05, 4.69) is 59.4 Å². The van der Waals surface area contributed by atoms with Gasteiger partial charge < -0.3 is 20.1 Å². The third kappa shape index (κ3) is 8.27. The summed E-state index contributed by atoms with van der Waals surface area (Å²) in [6, 6.07) is 2.06. The Kier molecular flexibility index (Phi) is 12.8. The summed E-state index contributed by atoms with van der Waals surface area (Å²) in [6.45, 7) is 14.8. The number of aliphatic imine (C=N–C) groups is 1. The molecule has 2 N–H and O–H groups in total. The van der Waals surface area contributed by atoms with Crippen molar-refractivity contribution in [2.45, 2.75) is 72.3 Å². The minimum Gasteiger partial charge on any atom is -0.359 e. The summed E-state index contributed by atoms with van der Waals surface area (Å²) in [4.78, 5) is 7.27. The van der Waals surface area contributed by atoms with Crippen LogP contribution in [0.15, 0.2) is 15.6 Å². The van der Waals surface area contributed by atoms with Gasteiger partial charge in [0.15, 0.2) is 11.7 Å². The minimum absolute atomic E-state index is 0. The van der Waals surface area contributed by atoms with Gasteiger partial charge in [-0.1, -0.05) is 25.9 Å². The lowest BCUT2D eigenvalue weighted by Crippen LogP contribution is -2.43. The molecule has 1 saturated heterocycles. The summed E-state index contributed by atoms with van der Waals surface area (Å²) in [6.07, 6.45) is 5.97. The lowest BCUT2D eigenvalue weighted by atomic mass is 9.97. The van der Waals surface area contributed by atoms with Gasteiger partial charge in [-0.15, -0.1) is 24.0 Å². The van der Waals surface area contributed by atoms with Crippen LogP contribution in [0.2, 0.25) is 0 Å². The van der Waals surface area contributed by atoms with Gasteiger partial charge in [0.2, 0.25) is 0 Å². The normalized spacial score (nSPS) is 16.2. The Morgan fingerprint density at radius 2 is 1.93 bits per heavy atom. The van der Waals surface area contributed by atoms with Crippen LogP contribution in [0, 0.1) is 5.92 Å². The number of hydrogen-bond acceptors (Lipinski definition) is 4. The molecule has 1 aliphatic heterocycles. The molecule has 1 aliphatic rings. The standard InChI is InChI=1S/C21H39N5O.HI/c1-5-11-26-12-9-17(10-13-26)15-23-21(22-8-4)24-16-19-14-20(25-27-19)18(6-2)7-3;/h14,17-18H,5-13,15-16H2,1-4H3,(H2,22,23,24);1H. The van der Waals surface area contributed by atoms with Crippen LogP contribution in [0.25, 0.3) is 0 Å². The van der Waals surface area contributed by atoms with Crippen LogP contribution in [0.4, 0.5) is 0 Å². The molecule has 0 aromatic carbocycles. The molecular formula is C21H40IN5O. The van der Waals surface area contributed by atoms with E-state index in [1.807, 2.05) is 0 Å². The molecule has 0 aliphatic carbocycles. The molecular weight excluding hydrogens is 465 g/mol. The second kappa shape index (κ2) is 14.2. The first-order valence-electron chi connectivity index (χ1n) is 10.9. The molecule has 0 unspecified atom stereocenters. The fourth-order valence-electron chi connectivity index (χ4n) is 3.77. The van der Waals surface area contributed by atoms with Gasteiger partial charge >= 0.3 is 0 Å². The van der Waals surface area contributed by atoms with Crippen molar-refractivity contribution in [1.29, 1.82) is 0 Å². The van der Waals surface area contributed by atoms with Gasteiger partial charge in [-0.25, -0.2) is 4.99 Å². The number of hydrogen-bond donors (Lipinski definition) is 2. The highest BCUT2D eigenvalue weighted by Gasteiger charge is 2.18. The zero-order valence-electron chi connectivity index (χ0n) is 18.2. The summed E-state index contributed by atoms with van der Waals surface area (Å²) in [5.74, 6) is 2.92. The largest absolute Gasteiger partial charge is 0.359 e. The fraction of sp³-hybridized carbons (Fsp3) is 0.810. The molecule has 1 aromatic heterocycles. The maximum Gasteiger partial charge on any atom is 0.191 e. The van der Waals surface area contributed by atoms with Gasteiger partial charge in [0.1, 0.15) is 6.54 Å². The van der Waals surface area contributed by atoms with E-state index >= 15 is 0 Å². The van der Waals surface area contributed by atoms with Crippen molar-refractivity contribution in [3.05, 3.63) is 17.5 Å². The second-order valence-electron chi connectivity index (χ2n) is 7.59. The van der Waals surface area contributed by atoms with Gasteiger partial charge in [0.05, 0.1) is 5.69 Å². The van der Waals surface area contributed by atoms with Crippen molar-refractivity contribution in [3.63, 3.8) is 0 Å². The van der Waals surface area contributed by atoms with E-state index in [1.54, 1.807) is 0 Å². The first kappa shape index (κ1) is 25.2. The lowest BCUT2D eigenvalue weighted by Gasteiger charge is -2.32. The van der Waals surface area contributed by atoms with E-state index in [9.17, 15) is 0 Å². The average Bonchev–Trinajstić information content (AvgIpc) is 3.15. The summed E-state index contributed by atoms with van der Waals surface area (Å²) in [7, 11) is 0. The molecule has 0 bridgehead atoms. The minimum atomic E-state index is 0. The predicted octanol–water partition coefficient (Wildman–Crippen LogP) is 4.37. The summed E-state index contributed by atoms with van der Waals surface area (Å²) in [5, 5.41) is 11.1. The van der Waals surface area contributed by atoms with E-state index in [1.165, 1.54) is 38.9 Å². The SMILES string of the molecule is CCCN1CCC(CNC(=NCc2cc(C(CC)CC)no2)NCC)CC1.I. The van der Waals surface area contributed by atoms with E-state index in [0.717, 1.165) is 49.3 Å². The summed E-state index contributed by atoms with van der Waals surface area (Å²) >= 11 is 0. The Morgan fingerprint density at radius 1 is 1.21 bits per heavy atom. The first-order chi connectivity index (χ1) is 13.2. The van der Waals surface area contributed by atoms with Crippen LogP contribution < -0.4 is 10.6 Å². The zero-order valence-corrected chi connectivity index (χ0v) is 20.5. The lowest BCUT2D eigenvalue weighted by molar-refractivity contribution is 0.185. The Bertz CT molecular complexity index is 551. The Morgan fingerprint density at radius 3 is 2.54 bits per heavy atom. The summed E-state index contributed by atoms with van der Waals surface area (Å²) in [5.41, 5.74) is 1.06. The van der Waals surface area contributed by atoms with Gasteiger partial charge in [0.25, 0.3) is 0 Å². The number of nitrogens with one attached hydrogen (secondary N) is 2. The van der Waals surface area contributed by atoms with Gasteiger partial charge in [0, 0.05) is 25.1 Å². The second-order valence-corrected chi connectivity index (χ2v) is 7.59. The average molecular weight is 505 g/mol. The molecule has 2 heterocycles. The van der Waals surface area contributed by atoms with E-state index in [4.69, 9.17) is 4.52 Å². The van der Waals surface area contributed by atoms with Crippen molar-refractivity contribution in [1.82, 2.24) is 20.7 Å². The topological polar surface area (TPSA) is 65.7 Å². The molecule has 0 atom stereocenters. The van der Waals surface area contributed by atoms with Crippen LogP contribution >= 0.6 is 24.0 Å². The van der Waals surface area contributed by atoms with E-state index in [0.29, 0.717) is 12.5 Å². The monoisotopic (exact) mass is 505 g/mol. The van der Waals surface area contributed by atoms with Crippen LogP contribution in [0.5, 0.6) is 0 Å². The van der Waals surface area contributed by atoms with Gasteiger partial charge in [-0.3, -0.25) is 0 Å². The van der Waals surface area contributed by atoms with Crippen molar-refractivity contribution in [2.24, 2.45) is 10.9 Å². The van der Waals surface area contributed by atoms with Crippen LogP contribution in [0.1, 0.15) is 77.2 Å². The van der Waals surface area contributed by atoms with Crippen LogP contribution in [0.3, 0.4) is 0 Å². The van der Waals surface area contributed by atoms with Crippen molar-refractivity contribution in [2.75, 3.05) is 32.7 Å². The smallest absolute Gasteiger partial charge is 0.191 e. The molecule has 1 fully saturated rings. The fourth-order valence-corrected chi connectivity index (χ4v) is 3.77. The number of halogens is 1. The van der Waals surface area contributed by atoms with Crippen molar-refractivity contribution < 1.29 is 4.52 Å². The van der Waals surface area contributed by atoms with Gasteiger partial charge in [-0.05, 0) is 64.6 Å². The number of rotatable bonds is 10. The first-order valence-corrected chi connectivity index (χ1v) is 10.9. The van der Waals surface area contributed by atoms with E-state index in [-0.39, 0.29) is 24.0 Å². The number of aromatic nitrogens is 1. The molecule has 0 amide bonds. The molecule has 0 radical (unpaired) electrons. The molecule has 6 nitrogen and oxygen atoms in total. The highest BCUT2D eigenvalue weighted by Crippen LogP contribution is 2.22. The zero-order chi connectivity index (χ0) is 19.5. The molecule has 28 heavy (non-hydrogen) atoms. The number of piperidine rings is 1. The number of guanidine groups is 1. The van der Waals surface area contributed by atoms with Gasteiger partial charge in [-0.2, -0.15) is 0 Å². The van der Waals surface area contributed by atoms with E-state index < -0.39 is 0 Å². The molecule has 1 aromatic rings. The number of nitrogens with zero attached hydrogens (tertiary/aromatic N) is 3. The molecule has 7 heteroatoms. The summed E-state index contributed by atoms with van der Waals surface area (Å²) < 4.78 is 5.49. The number of likely N-dealkylation sites (tertiary alicyclic amines) is 1. The Labute approximate surface area is 188 Å². The maximum atomic E-state index is 5.49. The van der Waals surface area contributed by atoms with Crippen LogP contribution in [-0.4, -0.2) is 48.7 Å². The third-order valence-corrected chi connectivity index (χ3v) is 5.52. The Balaban J connectivity index is 0.00000392. The predicted molar refractivity (Wildman–Crippen MR) is 128 cm³/mol. The quantitative estimate of drug-likeness (QED) is 0.281. The Hall–Kier alpha value is -0.830.